The van der Waals surface area contributed by atoms with E-state index in [2.05, 4.69) is 5.32 Å². The Hall–Kier alpha value is -2.37. The summed E-state index contributed by atoms with van der Waals surface area (Å²) in [5, 5.41) is 2.80. The first kappa shape index (κ1) is 15.2. The lowest BCUT2D eigenvalue weighted by Gasteiger charge is -2.29. The molecule has 0 spiro atoms. The number of anilines is 1. The van der Waals surface area contributed by atoms with Crippen LogP contribution in [0.4, 0.5) is 5.69 Å². The van der Waals surface area contributed by atoms with Crippen LogP contribution in [0.5, 0.6) is 11.5 Å². The smallest absolute Gasteiger partial charge is 0.238 e. The fourth-order valence-electron chi connectivity index (χ4n) is 4.14. The van der Waals surface area contributed by atoms with Crippen LogP contribution in [-0.2, 0) is 14.4 Å². The Balaban J connectivity index is 1.60. The van der Waals surface area contributed by atoms with E-state index in [4.69, 9.17) is 9.47 Å². The van der Waals surface area contributed by atoms with Crippen molar-refractivity contribution in [2.45, 2.75) is 26.2 Å². The van der Waals surface area contributed by atoms with Gasteiger partial charge in [-0.2, -0.15) is 0 Å². The SMILES string of the molecule is CC1C(=O)C2(C(=O)Nc3ccc4c(c3)OCCO4)CC(=O)CC1C2. The predicted octanol–water partition coefficient (Wildman–Crippen LogP) is 1.97. The molecule has 2 fully saturated rings. The molecule has 0 saturated heterocycles. The summed E-state index contributed by atoms with van der Waals surface area (Å²) in [6.07, 6.45) is 0.893. The van der Waals surface area contributed by atoms with E-state index in [-0.39, 0.29) is 35.7 Å². The van der Waals surface area contributed by atoms with Gasteiger partial charge in [-0.15, -0.1) is 0 Å². The fourth-order valence-corrected chi connectivity index (χ4v) is 4.14. The molecule has 2 saturated carbocycles. The van der Waals surface area contributed by atoms with Crippen LogP contribution in [0, 0.1) is 17.3 Å². The number of carbonyl (C=O) groups is 3. The number of benzene rings is 1. The van der Waals surface area contributed by atoms with Gasteiger partial charge in [0.05, 0.1) is 0 Å². The lowest BCUT2D eigenvalue weighted by atomic mass is 9.74. The molecule has 2 aliphatic carbocycles. The molecule has 1 aliphatic heterocycles. The van der Waals surface area contributed by atoms with Gasteiger partial charge in [-0.05, 0) is 24.5 Å². The maximum absolute atomic E-state index is 12.9. The molecular formula is C18H19NO5. The third-order valence-electron chi connectivity index (χ3n) is 5.43. The zero-order valence-electron chi connectivity index (χ0n) is 13.5. The number of hydrogen-bond acceptors (Lipinski definition) is 5. The highest BCUT2D eigenvalue weighted by molar-refractivity contribution is 6.16. The lowest BCUT2D eigenvalue weighted by Crippen LogP contribution is -2.43. The number of ketones is 2. The van der Waals surface area contributed by atoms with Crippen molar-refractivity contribution >= 4 is 23.2 Å². The van der Waals surface area contributed by atoms with Crippen LogP contribution < -0.4 is 14.8 Å². The van der Waals surface area contributed by atoms with Gasteiger partial charge in [-0.1, -0.05) is 6.92 Å². The minimum Gasteiger partial charge on any atom is -0.486 e. The molecule has 6 heteroatoms. The summed E-state index contributed by atoms with van der Waals surface area (Å²) < 4.78 is 11.0. The standard InChI is InChI=1S/C18H19NO5/c1-10-11-6-13(20)9-18(8-11,16(10)21)17(22)19-12-2-3-14-15(7-12)24-5-4-23-14/h2-3,7,10-11H,4-6,8-9H2,1H3,(H,19,22). The molecule has 1 N–H and O–H groups in total. The molecule has 1 aromatic rings. The minimum absolute atomic E-state index is 0.00118. The highest BCUT2D eigenvalue weighted by atomic mass is 16.6. The Bertz CT molecular complexity index is 743. The first-order chi connectivity index (χ1) is 11.5. The Morgan fingerprint density at radius 2 is 1.96 bits per heavy atom. The molecule has 3 atom stereocenters. The van der Waals surface area contributed by atoms with Crippen molar-refractivity contribution in [3.05, 3.63) is 18.2 Å². The molecule has 1 heterocycles. The third-order valence-corrected chi connectivity index (χ3v) is 5.43. The predicted molar refractivity (Wildman–Crippen MR) is 85.0 cm³/mol. The van der Waals surface area contributed by atoms with Gasteiger partial charge in [-0.3, -0.25) is 14.4 Å². The molecule has 3 unspecified atom stereocenters. The molecule has 24 heavy (non-hydrogen) atoms. The lowest BCUT2D eigenvalue weighted by molar-refractivity contribution is -0.142. The van der Waals surface area contributed by atoms with E-state index in [9.17, 15) is 14.4 Å². The Kier molecular flexibility index (Phi) is 3.37. The van der Waals surface area contributed by atoms with Gasteiger partial charge in [0.25, 0.3) is 0 Å². The second-order valence-corrected chi connectivity index (χ2v) is 6.93. The average Bonchev–Trinajstić information content (AvgIpc) is 2.76. The van der Waals surface area contributed by atoms with Crippen LogP contribution in [0.15, 0.2) is 18.2 Å². The number of nitrogens with one attached hydrogen (secondary N) is 1. The number of Topliss-reactive ketones (excluding diaryl/α,β-unsaturated/α-hetero) is 2. The van der Waals surface area contributed by atoms with Crippen molar-refractivity contribution in [1.29, 1.82) is 0 Å². The summed E-state index contributed by atoms with van der Waals surface area (Å²) in [4.78, 5) is 37.5. The van der Waals surface area contributed by atoms with Crippen molar-refractivity contribution < 1.29 is 23.9 Å². The maximum Gasteiger partial charge on any atom is 0.238 e. The van der Waals surface area contributed by atoms with Crippen LogP contribution in [-0.4, -0.2) is 30.7 Å². The van der Waals surface area contributed by atoms with Gasteiger partial charge < -0.3 is 14.8 Å². The molecule has 6 nitrogen and oxygen atoms in total. The molecular weight excluding hydrogens is 310 g/mol. The Morgan fingerprint density at radius 1 is 1.21 bits per heavy atom. The van der Waals surface area contributed by atoms with Crippen LogP contribution in [0.3, 0.4) is 0 Å². The van der Waals surface area contributed by atoms with E-state index in [1.54, 1.807) is 18.2 Å². The van der Waals surface area contributed by atoms with Gasteiger partial charge in [0.2, 0.25) is 5.91 Å². The molecule has 1 aromatic carbocycles. The molecule has 126 valence electrons. The summed E-state index contributed by atoms with van der Waals surface area (Å²) in [5.74, 6) is 0.477. The quantitative estimate of drug-likeness (QED) is 0.839. The van der Waals surface area contributed by atoms with Crippen LogP contribution >= 0.6 is 0 Å². The number of rotatable bonds is 2. The highest BCUT2D eigenvalue weighted by Gasteiger charge is 2.59. The van der Waals surface area contributed by atoms with Crippen molar-refractivity contribution in [3.63, 3.8) is 0 Å². The van der Waals surface area contributed by atoms with Gasteiger partial charge >= 0.3 is 0 Å². The van der Waals surface area contributed by atoms with Gasteiger partial charge in [0, 0.05) is 30.5 Å². The molecule has 1 amide bonds. The van der Waals surface area contributed by atoms with Crippen molar-refractivity contribution in [2.75, 3.05) is 18.5 Å². The van der Waals surface area contributed by atoms with Crippen molar-refractivity contribution in [1.82, 2.24) is 0 Å². The zero-order valence-corrected chi connectivity index (χ0v) is 13.5. The third kappa shape index (κ3) is 2.20. The molecule has 2 bridgehead atoms. The first-order valence-electron chi connectivity index (χ1n) is 8.27. The number of ether oxygens (including phenoxy) is 2. The van der Waals surface area contributed by atoms with E-state index in [0.717, 1.165) is 0 Å². The first-order valence-corrected chi connectivity index (χ1v) is 8.27. The number of hydrogen-bond donors (Lipinski definition) is 1. The van der Waals surface area contributed by atoms with E-state index >= 15 is 0 Å². The maximum atomic E-state index is 12.9. The topological polar surface area (TPSA) is 81.7 Å². The largest absolute Gasteiger partial charge is 0.486 e. The van der Waals surface area contributed by atoms with Gasteiger partial charge in [0.1, 0.15) is 24.4 Å². The summed E-state index contributed by atoms with van der Waals surface area (Å²) in [6.45, 7) is 2.78. The molecule has 3 aliphatic rings. The average molecular weight is 329 g/mol. The summed E-state index contributed by atoms with van der Waals surface area (Å²) in [5.41, 5.74) is -0.660. The number of carbonyl (C=O) groups excluding carboxylic acids is 3. The van der Waals surface area contributed by atoms with E-state index in [0.29, 0.717) is 43.2 Å². The van der Waals surface area contributed by atoms with E-state index in [1.807, 2.05) is 6.92 Å². The summed E-state index contributed by atoms with van der Waals surface area (Å²) >= 11 is 0. The van der Waals surface area contributed by atoms with Crippen LogP contribution in [0.25, 0.3) is 0 Å². The Labute approximate surface area is 139 Å². The van der Waals surface area contributed by atoms with Gasteiger partial charge in [0.15, 0.2) is 17.3 Å². The van der Waals surface area contributed by atoms with Crippen LogP contribution in [0.2, 0.25) is 0 Å². The second-order valence-electron chi connectivity index (χ2n) is 6.93. The number of fused-ring (bicyclic) bond motifs is 3. The summed E-state index contributed by atoms with van der Waals surface area (Å²) in [7, 11) is 0. The van der Waals surface area contributed by atoms with E-state index < -0.39 is 5.41 Å². The molecule has 0 aromatic heterocycles. The monoisotopic (exact) mass is 329 g/mol. The highest BCUT2D eigenvalue weighted by Crippen LogP contribution is 2.51. The van der Waals surface area contributed by atoms with Crippen LogP contribution in [0.1, 0.15) is 26.2 Å². The molecule has 4 rings (SSSR count). The van der Waals surface area contributed by atoms with Crippen molar-refractivity contribution in [3.8, 4) is 11.5 Å². The Morgan fingerprint density at radius 3 is 2.75 bits per heavy atom. The number of amides is 1. The zero-order chi connectivity index (χ0) is 16.9. The fraction of sp³-hybridized carbons (Fsp3) is 0.500. The second kappa shape index (κ2) is 5.33. The van der Waals surface area contributed by atoms with Gasteiger partial charge in [-0.25, -0.2) is 0 Å². The van der Waals surface area contributed by atoms with Crippen molar-refractivity contribution in [2.24, 2.45) is 17.3 Å². The normalized spacial score (nSPS) is 31.0. The molecule has 0 radical (unpaired) electrons. The minimum atomic E-state index is -1.20. The summed E-state index contributed by atoms with van der Waals surface area (Å²) in [6, 6.07) is 5.14. The van der Waals surface area contributed by atoms with E-state index in [1.165, 1.54) is 0 Å².